The van der Waals surface area contributed by atoms with Gasteiger partial charge in [0.05, 0.1) is 28.2 Å². The maximum atomic E-state index is 14.0. The van der Waals surface area contributed by atoms with Gasteiger partial charge in [-0.05, 0) is 66.1 Å². The predicted molar refractivity (Wildman–Crippen MR) is 162 cm³/mol. The van der Waals surface area contributed by atoms with Crippen molar-refractivity contribution in [1.82, 2.24) is 15.6 Å². The van der Waals surface area contributed by atoms with Crippen LogP contribution in [0, 0.1) is 5.82 Å². The standard InChI is InChI=1S/C32H28F4N4O4S/c33-24-17-25-26(16-23(24)32(34,35)36)45-31(38-25)40-30(44)39-28(20-8-6-19(7-9-20)18-4-2-1-3-5-18)21-10-12-22(13-11-21)29(43)37-15-14-27(41)42/h4,6-13,16-17,28H,1-3,5,14-15H2,(H,37,43)(H,41,42)(H2,38,39,40,44). The second-order valence-electron chi connectivity index (χ2n) is 10.5. The highest BCUT2D eigenvalue weighted by Crippen LogP contribution is 2.36. The Hall–Kier alpha value is -4.78. The van der Waals surface area contributed by atoms with Crippen LogP contribution in [0.3, 0.4) is 0 Å². The Morgan fingerprint density at radius 1 is 0.978 bits per heavy atom. The van der Waals surface area contributed by atoms with Crippen molar-refractivity contribution in [2.24, 2.45) is 0 Å². The molecule has 8 nitrogen and oxygen atoms in total. The van der Waals surface area contributed by atoms with Crippen molar-refractivity contribution in [2.45, 2.75) is 44.3 Å². The lowest BCUT2D eigenvalue weighted by molar-refractivity contribution is -0.140. The van der Waals surface area contributed by atoms with Gasteiger partial charge >= 0.3 is 18.2 Å². The van der Waals surface area contributed by atoms with Crippen LogP contribution in [0.5, 0.6) is 0 Å². The summed E-state index contributed by atoms with van der Waals surface area (Å²) in [5, 5.41) is 16.7. The number of urea groups is 1. The highest BCUT2D eigenvalue weighted by atomic mass is 32.1. The number of fused-ring (bicyclic) bond motifs is 1. The van der Waals surface area contributed by atoms with Gasteiger partial charge in [0, 0.05) is 18.2 Å². The number of nitrogens with zero attached hydrogens (tertiary/aromatic N) is 1. The van der Waals surface area contributed by atoms with Crippen LogP contribution in [-0.4, -0.2) is 34.5 Å². The third-order valence-corrected chi connectivity index (χ3v) is 8.25. The van der Waals surface area contributed by atoms with E-state index in [2.05, 4.69) is 27.0 Å². The van der Waals surface area contributed by atoms with Crippen molar-refractivity contribution in [2.75, 3.05) is 11.9 Å². The molecule has 0 saturated heterocycles. The van der Waals surface area contributed by atoms with Crippen LogP contribution in [0.1, 0.15) is 70.8 Å². The van der Waals surface area contributed by atoms with Crippen molar-refractivity contribution in [3.8, 4) is 0 Å². The Morgan fingerprint density at radius 3 is 2.29 bits per heavy atom. The number of allylic oxidation sites excluding steroid dienone is 2. The highest BCUT2D eigenvalue weighted by Gasteiger charge is 2.34. The van der Waals surface area contributed by atoms with Crippen LogP contribution < -0.4 is 16.0 Å². The van der Waals surface area contributed by atoms with Gasteiger partial charge in [0.1, 0.15) is 5.82 Å². The lowest BCUT2D eigenvalue weighted by atomic mass is 9.91. The second-order valence-corrected chi connectivity index (χ2v) is 11.5. The molecule has 234 valence electrons. The summed E-state index contributed by atoms with van der Waals surface area (Å²) in [4.78, 5) is 40.4. The van der Waals surface area contributed by atoms with Crippen LogP contribution in [0.15, 0.2) is 66.7 Å². The van der Waals surface area contributed by atoms with E-state index in [1.807, 2.05) is 24.3 Å². The van der Waals surface area contributed by atoms with Gasteiger partial charge in [0.25, 0.3) is 5.91 Å². The molecule has 1 unspecified atom stereocenters. The largest absolute Gasteiger partial charge is 0.481 e. The molecule has 3 aromatic carbocycles. The van der Waals surface area contributed by atoms with Gasteiger partial charge in [-0.3, -0.25) is 14.9 Å². The molecule has 13 heteroatoms. The molecule has 1 aromatic heterocycles. The molecular formula is C32H28F4N4O4S. The number of rotatable bonds is 9. The Morgan fingerprint density at radius 2 is 1.67 bits per heavy atom. The van der Waals surface area contributed by atoms with Crippen molar-refractivity contribution < 1.29 is 37.1 Å². The summed E-state index contributed by atoms with van der Waals surface area (Å²) < 4.78 is 53.6. The quantitative estimate of drug-likeness (QED) is 0.141. The van der Waals surface area contributed by atoms with Crippen LogP contribution >= 0.6 is 11.3 Å². The molecule has 0 saturated carbocycles. The van der Waals surface area contributed by atoms with E-state index in [0.717, 1.165) is 48.1 Å². The maximum Gasteiger partial charge on any atom is 0.419 e. The molecule has 0 bridgehead atoms. The van der Waals surface area contributed by atoms with Gasteiger partial charge in [-0.25, -0.2) is 14.2 Å². The third-order valence-electron chi connectivity index (χ3n) is 7.31. The van der Waals surface area contributed by atoms with E-state index >= 15 is 0 Å². The number of alkyl halides is 3. The first-order valence-corrected chi connectivity index (χ1v) is 14.9. The number of carboxylic acid groups (broad SMARTS) is 1. The molecule has 4 N–H and O–H groups in total. The van der Waals surface area contributed by atoms with E-state index in [1.54, 1.807) is 24.3 Å². The summed E-state index contributed by atoms with van der Waals surface area (Å²) >= 11 is 0.777. The fraction of sp³-hybridized carbons (Fsp3) is 0.250. The fourth-order valence-corrected chi connectivity index (χ4v) is 5.93. The van der Waals surface area contributed by atoms with Crippen molar-refractivity contribution in [3.63, 3.8) is 0 Å². The molecule has 1 heterocycles. The van der Waals surface area contributed by atoms with E-state index in [9.17, 15) is 31.9 Å². The molecule has 0 aliphatic heterocycles. The van der Waals surface area contributed by atoms with E-state index in [-0.39, 0.29) is 28.3 Å². The molecular weight excluding hydrogens is 612 g/mol. The number of thiazole rings is 1. The monoisotopic (exact) mass is 640 g/mol. The third kappa shape index (κ3) is 7.85. The molecule has 1 aliphatic rings. The summed E-state index contributed by atoms with van der Waals surface area (Å²) in [5.74, 6) is -2.94. The minimum atomic E-state index is -4.88. The summed E-state index contributed by atoms with van der Waals surface area (Å²) in [6, 6.07) is 14.1. The maximum absolute atomic E-state index is 14.0. The highest BCUT2D eigenvalue weighted by molar-refractivity contribution is 7.22. The molecule has 4 aromatic rings. The van der Waals surface area contributed by atoms with Crippen molar-refractivity contribution in [3.05, 3.63) is 100 Å². The van der Waals surface area contributed by atoms with Gasteiger partial charge in [-0.15, -0.1) is 0 Å². The predicted octanol–water partition coefficient (Wildman–Crippen LogP) is 7.53. The van der Waals surface area contributed by atoms with Crippen LogP contribution in [-0.2, 0) is 11.0 Å². The number of halogens is 4. The van der Waals surface area contributed by atoms with Crippen LogP contribution in [0.2, 0.25) is 0 Å². The summed E-state index contributed by atoms with van der Waals surface area (Å²) in [5.41, 5.74) is 2.54. The first-order valence-electron chi connectivity index (χ1n) is 14.1. The first-order chi connectivity index (χ1) is 21.5. The van der Waals surface area contributed by atoms with Gasteiger partial charge in [0.15, 0.2) is 5.13 Å². The summed E-state index contributed by atoms with van der Waals surface area (Å²) in [6.07, 6.45) is 1.41. The number of anilines is 1. The van der Waals surface area contributed by atoms with Crippen molar-refractivity contribution >= 4 is 50.2 Å². The Kier molecular flexibility index (Phi) is 9.47. The van der Waals surface area contributed by atoms with E-state index in [1.165, 1.54) is 5.57 Å². The zero-order chi connectivity index (χ0) is 32.1. The minimum absolute atomic E-state index is 0.0204. The van der Waals surface area contributed by atoms with E-state index in [0.29, 0.717) is 23.3 Å². The number of amides is 3. The Bertz CT molecular complexity index is 1750. The first kappa shape index (κ1) is 31.6. The number of aliphatic carboxylic acids is 1. The molecule has 1 atom stereocenters. The lowest BCUT2D eigenvalue weighted by Crippen LogP contribution is -2.33. The number of benzene rings is 3. The summed E-state index contributed by atoms with van der Waals surface area (Å²) in [6.45, 7) is -0.0288. The van der Waals surface area contributed by atoms with E-state index in [4.69, 9.17) is 5.11 Å². The molecule has 0 radical (unpaired) electrons. The lowest BCUT2D eigenvalue weighted by Gasteiger charge is -2.21. The van der Waals surface area contributed by atoms with Gasteiger partial charge in [-0.2, -0.15) is 13.2 Å². The zero-order valence-electron chi connectivity index (χ0n) is 23.7. The number of hydrogen-bond donors (Lipinski definition) is 4. The second kappa shape index (κ2) is 13.5. The molecule has 0 spiro atoms. The Balaban J connectivity index is 1.38. The smallest absolute Gasteiger partial charge is 0.419 e. The molecule has 45 heavy (non-hydrogen) atoms. The SMILES string of the molecule is O=C(O)CCNC(=O)c1ccc(C(NC(=O)Nc2nc3cc(F)c(C(F)(F)F)cc3s2)c2ccc(C3=CCCCC3)cc2)cc1. The molecule has 1 aliphatic carbocycles. The number of nitrogens with one attached hydrogen (secondary N) is 3. The average molecular weight is 641 g/mol. The van der Waals surface area contributed by atoms with Crippen molar-refractivity contribution in [1.29, 1.82) is 0 Å². The molecule has 5 rings (SSSR count). The average Bonchev–Trinajstić information content (AvgIpc) is 3.40. The number of carbonyl (C=O) groups is 3. The zero-order valence-corrected chi connectivity index (χ0v) is 24.5. The summed E-state index contributed by atoms with van der Waals surface area (Å²) in [7, 11) is 0. The van der Waals surface area contributed by atoms with Gasteiger partial charge in [0.2, 0.25) is 0 Å². The van der Waals surface area contributed by atoms with Crippen LogP contribution in [0.25, 0.3) is 15.8 Å². The number of aromatic nitrogens is 1. The molecule has 3 amide bonds. The van der Waals surface area contributed by atoms with Gasteiger partial charge < -0.3 is 15.7 Å². The Labute approximate surface area is 259 Å². The van der Waals surface area contributed by atoms with E-state index < -0.39 is 41.5 Å². The number of hydrogen-bond acceptors (Lipinski definition) is 5. The van der Waals surface area contributed by atoms with Crippen LogP contribution in [0.4, 0.5) is 27.5 Å². The normalized spacial score (nSPS) is 14.0. The number of carbonyl (C=O) groups excluding carboxylic acids is 2. The van der Waals surface area contributed by atoms with Gasteiger partial charge in [-0.1, -0.05) is 53.8 Å². The topological polar surface area (TPSA) is 120 Å². The molecule has 0 fully saturated rings. The minimum Gasteiger partial charge on any atom is -0.481 e. The fourth-order valence-electron chi connectivity index (χ4n) is 5.04. The number of carboxylic acids is 1.